The number of thioether (sulfide) groups is 1. The molecule has 0 fully saturated rings. The number of nitrogens with zero attached hydrogens (tertiary/aromatic N) is 2. The van der Waals surface area contributed by atoms with Gasteiger partial charge in [0.25, 0.3) is 10.1 Å². The molecule has 0 aliphatic carbocycles. The second-order valence-electron chi connectivity index (χ2n) is 11.0. The summed E-state index contributed by atoms with van der Waals surface area (Å²) in [5, 5.41) is 5.45. The Bertz CT molecular complexity index is 2210. The summed E-state index contributed by atoms with van der Waals surface area (Å²) in [5.74, 6) is 0.520. The second-order valence-corrected chi connectivity index (χ2v) is 13.9. The van der Waals surface area contributed by atoms with E-state index in [0.717, 1.165) is 45.2 Å². The lowest BCUT2D eigenvalue weighted by Gasteiger charge is -2.21. The fraction of sp³-hybridized carbons (Fsp3) is 0.108. The van der Waals surface area contributed by atoms with E-state index in [0.29, 0.717) is 23.9 Å². The predicted molar refractivity (Wildman–Crippen MR) is 186 cm³/mol. The fourth-order valence-corrected chi connectivity index (χ4v) is 7.66. The summed E-state index contributed by atoms with van der Waals surface area (Å²) >= 11 is 8.24. The van der Waals surface area contributed by atoms with Crippen LogP contribution in [0.4, 0.5) is 5.69 Å². The fourth-order valence-electron chi connectivity index (χ4n) is 5.90. The van der Waals surface area contributed by atoms with Gasteiger partial charge in [0.1, 0.15) is 12.4 Å². The number of fused-ring (bicyclic) bond motifs is 3. The third-order valence-corrected chi connectivity index (χ3v) is 10.3. The molecular formula is C37H30ClN2O4S2+. The summed E-state index contributed by atoms with van der Waals surface area (Å²) in [6, 6.07) is 39.4. The quantitative estimate of drug-likeness (QED) is 0.124. The van der Waals surface area contributed by atoms with Crippen molar-refractivity contribution in [3.8, 4) is 5.75 Å². The Morgan fingerprint density at radius 1 is 0.848 bits per heavy atom. The number of halogens is 1. The van der Waals surface area contributed by atoms with E-state index in [-0.39, 0.29) is 4.90 Å². The van der Waals surface area contributed by atoms with Gasteiger partial charge in [0, 0.05) is 40.1 Å². The molecule has 1 aromatic heterocycles. The molecule has 6 aromatic rings. The minimum absolute atomic E-state index is 0.168. The van der Waals surface area contributed by atoms with Gasteiger partial charge in [-0.25, -0.2) is 0 Å². The van der Waals surface area contributed by atoms with Crippen molar-refractivity contribution in [1.29, 1.82) is 0 Å². The highest BCUT2D eigenvalue weighted by Gasteiger charge is 2.27. The summed E-state index contributed by atoms with van der Waals surface area (Å²) in [4.78, 5) is 3.36. The van der Waals surface area contributed by atoms with E-state index in [1.165, 1.54) is 28.5 Å². The van der Waals surface area contributed by atoms with E-state index in [1.54, 1.807) is 23.9 Å². The maximum Gasteiger partial charge on any atom is 0.294 e. The van der Waals surface area contributed by atoms with Crippen molar-refractivity contribution in [1.82, 2.24) is 0 Å². The van der Waals surface area contributed by atoms with E-state index >= 15 is 0 Å². The first kappa shape index (κ1) is 30.3. The highest BCUT2D eigenvalue weighted by Crippen LogP contribution is 2.47. The highest BCUT2D eigenvalue weighted by molar-refractivity contribution is 8.03. The molecule has 5 aromatic carbocycles. The van der Waals surface area contributed by atoms with E-state index in [1.807, 2.05) is 24.3 Å². The Morgan fingerprint density at radius 3 is 2.43 bits per heavy atom. The summed E-state index contributed by atoms with van der Waals surface area (Å²) in [6.45, 7) is 1.70. The summed E-state index contributed by atoms with van der Waals surface area (Å²) in [6.07, 6.45) is 3.10. The van der Waals surface area contributed by atoms with Crippen LogP contribution in [-0.2, 0) is 23.1 Å². The molecule has 230 valence electrons. The van der Waals surface area contributed by atoms with Crippen molar-refractivity contribution >= 4 is 66.9 Å². The van der Waals surface area contributed by atoms with Gasteiger partial charge in [-0.15, -0.1) is 0 Å². The van der Waals surface area contributed by atoms with Crippen molar-refractivity contribution < 1.29 is 22.3 Å². The molecule has 0 spiro atoms. The Balaban J connectivity index is 1.20. The Hall–Kier alpha value is -4.34. The normalized spacial score (nSPS) is 13.9. The third kappa shape index (κ3) is 6.34. The van der Waals surface area contributed by atoms with Crippen molar-refractivity contribution in [3.05, 3.63) is 143 Å². The maximum atomic E-state index is 11.4. The van der Waals surface area contributed by atoms with Crippen LogP contribution in [0.25, 0.3) is 27.8 Å². The number of hydrogen-bond acceptors (Lipinski definition) is 5. The number of para-hydroxylation sites is 1. The SMILES string of the molecule is O=S(=O)(O)c1ccc(OCC[n+]2c(C=C3Sc4ccc(Cl)cc4N3CCc3cccc4ccccc34)ccc3ccccc32)cc1. The molecule has 0 saturated carbocycles. The average molecular weight is 666 g/mol. The van der Waals surface area contributed by atoms with Gasteiger partial charge >= 0.3 is 0 Å². The Morgan fingerprint density at radius 2 is 1.61 bits per heavy atom. The van der Waals surface area contributed by atoms with E-state index in [2.05, 4.69) is 88.3 Å². The molecule has 0 atom stereocenters. The molecule has 0 radical (unpaired) electrons. The molecule has 1 N–H and O–H groups in total. The largest absolute Gasteiger partial charge is 0.487 e. The third-order valence-electron chi connectivity index (χ3n) is 8.13. The molecular weight excluding hydrogens is 636 g/mol. The number of ether oxygens (including phenoxy) is 1. The maximum absolute atomic E-state index is 11.4. The molecule has 0 amide bonds. The number of benzene rings is 5. The first-order chi connectivity index (χ1) is 22.3. The van der Waals surface area contributed by atoms with Gasteiger partial charge in [0.2, 0.25) is 11.2 Å². The van der Waals surface area contributed by atoms with Crippen LogP contribution in [0.1, 0.15) is 11.3 Å². The lowest BCUT2D eigenvalue weighted by molar-refractivity contribution is -0.673. The minimum atomic E-state index is -4.26. The van der Waals surface area contributed by atoms with Gasteiger partial charge in [-0.05, 0) is 77.4 Å². The van der Waals surface area contributed by atoms with Gasteiger partial charge in [-0.3, -0.25) is 4.55 Å². The van der Waals surface area contributed by atoms with Crippen LogP contribution in [0.15, 0.2) is 136 Å². The standard InChI is InChI=1S/C37H29ClN2O4S2/c38-29-13-19-36-35(24-29)40(21-20-27-9-5-8-26-6-1-3-10-33(26)27)37(45-36)25-30-14-12-28-7-2-4-11-34(28)39(30)22-23-44-31-15-17-32(18-16-31)46(41,42)43/h1-19,24-25H,20-23H2/p+1. The molecule has 0 saturated heterocycles. The van der Waals surface area contributed by atoms with Crippen LogP contribution in [0.3, 0.4) is 0 Å². The van der Waals surface area contributed by atoms with Crippen LogP contribution in [0.5, 0.6) is 5.75 Å². The molecule has 1 aliphatic rings. The first-order valence-corrected chi connectivity index (χ1v) is 17.5. The van der Waals surface area contributed by atoms with E-state index < -0.39 is 10.1 Å². The first-order valence-electron chi connectivity index (χ1n) is 14.9. The monoisotopic (exact) mass is 665 g/mol. The van der Waals surface area contributed by atoms with Crippen molar-refractivity contribution in [2.24, 2.45) is 0 Å². The molecule has 0 bridgehead atoms. The number of pyridine rings is 1. The van der Waals surface area contributed by atoms with Crippen LogP contribution >= 0.6 is 23.4 Å². The molecule has 6 nitrogen and oxygen atoms in total. The van der Waals surface area contributed by atoms with Crippen LogP contribution < -0.4 is 14.2 Å². The predicted octanol–water partition coefficient (Wildman–Crippen LogP) is 8.41. The number of rotatable bonds is 9. The van der Waals surface area contributed by atoms with Gasteiger partial charge in [0.05, 0.1) is 15.6 Å². The highest BCUT2D eigenvalue weighted by atomic mass is 35.5. The number of aromatic nitrogens is 1. The summed E-state index contributed by atoms with van der Waals surface area (Å²) in [5.41, 5.74) is 4.52. The molecule has 46 heavy (non-hydrogen) atoms. The lowest BCUT2D eigenvalue weighted by Crippen LogP contribution is -2.40. The van der Waals surface area contributed by atoms with Crippen molar-refractivity contribution in [2.75, 3.05) is 18.1 Å². The van der Waals surface area contributed by atoms with Gasteiger partial charge < -0.3 is 9.64 Å². The van der Waals surface area contributed by atoms with Gasteiger partial charge in [-0.1, -0.05) is 78.0 Å². The van der Waals surface area contributed by atoms with Gasteiger partial charge in [-0.2, -0.15) is 13.0 Å². The van der Waals surface area contributed by atoms with Crippen molar-refractivity contribution in [3.63, 3.8) is 0 Å². The lowest BCUT2D eigenvalue weighted by atomic mass is 10.0. The Labute approximate surface area is 277 Å². The van der Waals surface area contributed by atoms with Crippen molar-refractivity contribution in [2.45, 2.75) is 22.8 Å². The van der Waals surface area contributed by atoms with Crippen LogP contribution in [-0.4, -0.2) is 26.1 Å². The molecule has 9 heteroatoms. The van der Waals surface area contributed by atoms with Crippen LogP contribution in [0, 0.1) is 0 Å². The zero-order valence-corrected chi connectivity index (χ0v) is 27.1. The molecule has 0 unspecified atom stereocenters. The topological polar surface area (TPSA) is 70.7 Å². The average Bonchev–Trinajstić information content (AvgIpc) is 3.40. The smallest absolute Gasteiger partial charge is 0.294 e. The minimum Gasteiger partial charge on any atom is -0.487 e. The van der Waals surface area contributed by atoms with Crippen LogP contribution in [0.2, 0.25) is 5.02 Å². The summed E-state index contributed by atoms with van der Waals surface area (Å²) in [7, 11) is -4.26. The Kier molecular flexibility index (Phi) is 8.44. The number of hydrogen-bond donors (Lipinski definition) is 1. The second kappa shape index (κ2) is 12.8. The van der Waals surface area contributed by atoms with E-state index in [4.69, 9.17) is 16.3 Å². The molecule has 1 aliphatic heterocycles. The molecule has 2 heterocycles. The zero-order chi connectivity index (χ0) is 31.7. The number of anilines is 1. The van der Waals surface area contributed by atoms with E-state index in [9.17, 15) is 13.0 Å². The van der Waals surface area contributed by atoms with Gasteiger partial charge in [0.15, 0.2) is 6.54 Å². The molecule has 7 rings (SSSR count). The summed E-state index contributed by atoms with van der Waals surface area (Å²) < 4.78 is 40.4. The zero-order valence-electron chi connectivity index (χ0n) is 24.7.